The molecule has 0 atom stereocenters. The molecular formula is C16H24BrN3O2. The third-order valence-electron chi connectivity index (χ3n) is 3.24. The zero-order valence-electron chi connectivity index (χ0n) is 13.6. The van der Waals surface area contributed by atoms with Crippen LogP contribution in [0.15, 0.2) is 22.7 Å². The van der Waals surface area contributed by atoms with Crippen molar-refractivity contribution in [3.05, 3.63) is 28.2 Å². The summed E-state index contributed by atoms with van der Waals surface area (Å²) >= 11 is 3.43. The van der Waals surface area contributed by atoms with E-state index in [1.165, 1.54) is 11.8 Å². The highest BCUT2D eigenvalue weighted by Gasteiger charge is 2.16. The number of benzene rings is 1. The zero-order chi connectivity index (χ0) is 16.7. The number of hydrogen-bond acceptors (Lipinski definition) is 3. The topological polar surface area (TPSA) is 52.7 Å². The van der Waals surface area contributed by atoms with E-state index in [0.29, 0.717) is 6.54 Å². The van der Waals surface area contributed by atoms with Gasteiger partial charge in [0.2, 0.25) is 11.8 Å². The molecule has 6 heteroatoms. The number of carbonyl (C=O) groups excluding carboxylic acids is 2. The predicted octanol–water partition coefficient (Wildman–Crippen LogP) is 2.18. The molecule has 22 heavy (non-hydrogen) atoms. The summed E-state index contributed by atoms with van der Waals surface area (Å²) in [5.74, 6) is -0.292. The van der Waals surface area contributed by atoms with E-state index in [9.17, 15) is 9.59 Å². The van der Waals surface area contributed by atoms with Gasteiger partial charge in [-0.1, -0.05) is 15.9 Å². The van der Waals surface area contributed by atoms with Crippen molar-refractivity contribution in [3.63, 3.8) is 0 Å². The fraction of sp³-hybridized carbons (Fsp3) is 0.500. The Kier molecular flexibility index (Phi) is 7.55. The third-order valence-corrected chi connectivity index (χ3v) is 4.13. The molecule has 0 saturated heterocycles. The molecule has 0 radical (unpaired) electrons. The van der Waals surface area contributed by atoms with Crippen molar-refractivity contribution in [2.45, 2.75) is 20.3 Å². The van der Waals surface area contributed by atoms with Crippen molar-refractivity contribution in [1.82, 2.24) is 10.2 Å². The van der Waals surface area contributed by atoms with E-state index in [2.05, 4.69) is 26.1 Å². The first-order valence-corrected chi connectivity index (χ1v) is 8.06. The summed E-state index contributed by atoms with van der Waals surface area (Å²) in [6, 6.07) is 5.61. The van der Waals surface area contributed by atoms with Crippen molar-refractivity contribution in [3.8, 4) is 0 Å². The molecule has 2 amide bonds. The molecule has 1 aromatic carbocycles. The molecule has 0 aliphatic heterocycles. The van der Waals surface area contributed by atoms with Crippen LogP contribution in [0.3, 0.4) is 0 Å². The Hall–Kier alpha value is -1.40. The van der Waals surface area contributed by atoms with Crippen molar-refractivity contribution in [1.29, 1.82) is 0 Å². The second kappa shape index (κ2) is 8.90. The standard InChI is InChI=1S/C16H24BrN3O2/c1-12-10-14(6-7-15(12)17)20(13(2)21)11-16(22)18-8-5-9-19(3)4/h6-7,10H,5,8-9,11H2,1-4H3,(H,18,22). The SMILES string of the molecule is CC(=O)N(CC(=O)NCCCN(C)C)c1ccc(Br)c(C)c1. The van der Waals surface area contributed by atoms with Gasteiger partial charge in [0.25, 0.3) is 0 Å². The lowest BCUT2D eigenvalue weighted by atomic mass is 10.2. The molecule has 5 nitrogen and oxygen atoms in total. The van der Waals surface area contributed by atoms with Crippen LogP contribution < -0.4 is 10.2 Å². The van der Waals surface area contributed by atoms with Crippen LogP contribution in [-0.2, 0) is 9.59 Å². The summed E-state index contributed by atoms with van der Waals surface area (Å²) in [6.45, 7) is 4.99. The van der Waals surface area contributed by atoms with Crippen LogP contribution in [0.4, 0.5) is 5.69 Å². The fourth-order valence-corrected chi connectivity index (χ4v) is 2.25. The van der Waals surface area contributed by atoms with E-state index < -0.39 is 0 Å². The van der Waals surface area contributed by atoms with Gasteiger partial charge in [0, 0.05) is 23.6 Å². The van der Waals surface area contributed by atoms with Crippen LogP contribution in [-0.4, -0.2) is 50.4 Å². The molecule has 0 fully saturated rings. The molecule has 0 saturated carbocycles. The van der Waals surface area contributed by atoms with Crippen molar-refractivity contribution in [2.75, 3.05) is 38.6 Å². The number of anilines is 1. The number of halogens is 1. The van der Waals surface area contributed by atoms with Crippen LogP contribution in [0, 0.1) is 6.92 Å². The number of rotatable bonds is 7. The number of hydrogen-bond donors (Lipinski definition) is 1. The summed E-state index contributed by atoms with van der Waals surface area (Å²) < 4.78 is 0.980. The highest BCUT2D eigenvalue weighted by Crippen LogP contribution is 2.23. The molecule has 0 spiro atoms. The van der Waals surface area contributed by atoms with Crippen LogP contribution in [0.25, 0.3) is 0 Å². The van der Waals surface area contributed by atoms with Gasteiger partial charge in [0.1, 0.15) is 6.54 Å². The van der Waals surface area contributed by atoms with Crippen molar-refractivity contribution < 1.29 is 9.59 Å². The second-order valence-corrected chi connectivity index (χ2v) is 6.40. The monoisotopic (exact) mass is 369 g/mol. The van der Waals surface area contributed by atoms with Gasteiger partial charge in [-0.2, -0.15) is 0 Å². The minimum atomic E-state index is -0.148. The highest BCUT2D eigenvalue weighted by atomic mass is 79.9. The molecule has 1 N–H and O–H groups in total. The Morgan fingerprint density at radius 2 is 1.95 bits per heavy atom. The maximum atomic E-state index is 12.0. The maximum absolute atomic E-state index is 12.0. The summed E-state index contributed by atoms with van der Waals surface area (Å²) in [7, 11) is 3.99. The number of amides is 2. The lowest BCUT2D eigenvalue weighted by molar-refractivity contribution is -0.123. The summed E-state index contributed by atoms with van der Waals surface area (Å²) in [4.78, 5) is 27.4. The van der Waals surface area contributed by atoms with E-state index in [1.54, 1.807) is 0 Å². The first kappa shape index (κ1) is 18.6. The smallest absolute Gasteiger partial charge is 0.240 e. The van der Waals surface area contributed by atoms with E-state index in [4.69, 9.17) is 0 Å². The summed E-state index contributed by atoms with van der Waals surface area (Å²) in [5, 5.41) is 2.85. The molecular weight excluding hydrogens is 346 g/mol. The first-order chi connectivity index (χ1) is 10.3. The molecule has 1 aromatic rings. The lowest BCUT2D eigenvalue weighted by Gasteiger charge is -2.21. The molecule has 0 heterocycles. The van der Waals surface area contributed by atoms with Crippen LogP contribution in [0.2, 0.25) is 0 Å². The normalized spacial score (nSPS) is 10.6. The largest absolute Gasteiger partial charge is 0.355 e. The summed E-state index contributed by atoms with van der Waals surface area (Å²) in [6.07, 6.45) is 0.885. The van der Waals surface area contributed by atoms with Gasteiger partial charge >= 0.3 is 0 Å². The Morgan fingerprint density at radius 3 is 2.50 bits per heavy atom. The number of aryl methyl sites for hydroxylation is 1. The average molecular weight is 370 g/mol. The van der Waals surface area contributed by atoms with E-state index >= 15 is 0 Å². The van der Waals surface area contributed by atoms with Crippen LogP contribution >= 0.6 is 15.9 Å². The average Bonchev–Trinajstić information content (AvgIpc) is 2.43. The van der Waals surface area contributed by atoms with Gasteiger partial charge in [0.15, 0.2) is 0 Å². The highest BCUT2D eigenvalue weighted by molar-refractivity contribution is 9.10. The third kappa shape index (κ3) is 6.15. The van der Waals surface area contributed by atoms with Crippen LogP contribution in [0.5, 0.6) is 0 Å². The van der Waals surface area contributed by atoms with E-state index in [0.717, 1.165) is 28.7 Å². The minimum absolute atomic E-state index is 0.0400. The Balaban J connectivity index is 2.62. The van der Waals surface area contributed by atoms with Gasteiger partial charge in [-0.25, -0.2) is 0 Å². The maximum Gasteiger partial charge on any atom is 0.240 e. The molecule has 0 unspecified atom stereocenters. The Morgan fingerprint density at radius 1 is 1.27 bits per heavy atom. The van der Waals surface area contributed by atoms with Gasteiger partial charge in [-0.15, -0.1) is 0 Å². The van der Waals surface area contributed by atoms with Gasteiger partial charge < -0.3 is 15.1 Å². The molecule has 0 aliphatic carbocycles. The Bertz CT molecular complexity index is 532. The van der Waals surface area contributed by atoms with E-state index in [-0.39, 0.29) is 18.4 Å². The van der Waals surface area contributed by atoms with Crippen LogP contribution in [0.1, 0.15) is 18.9 Å². The number of nitrogens with zero attached hydrogens (tertiary/aromatic N) is 2. The molecule has 0 aromatic heterocycles. The lowest BCUT2D eigenvalue weighted by Crippen LogP contribution is -2.40. The zero-order valence-corrected chi connectivity index (χ0v) is 15.2. The van der Waals surface area contributed by atoms with Crippen molar-refractivity contribution >= 4 is 33.4 Å². The molecule has 122 valence electrons. The number of nitrogens with one attached hydrogen (secondary N) is 1. The quantitative estimate of drug-likeness (QED) is 0.749. The predicted molar refractivity (Wildman–Crippen MR) is 93.1 cm³/mol. The van der Waals surface area contributed by atoms with E-state index in [1.807, 2.05) is 39.2 Å². The van der Waals surface area contributed by atoms with Crippen molar-refractivity contribution in [2.24, 2.45) is 0 Å². The number of carbonyl (C=O) groups is 2. The van der Waals surface area contributed by atoms with Gasteiger partial charge in [0.05, 0.1) is 0 Å². The van der Waals surface area contributed by atoms with Gasteiger partial charge in [-0.3, -0.25) is 9.59 Å². The summed E-state index contributed by atoms with van der Waals surface area (Å²) in [5.41, 5.74) is 1.76. The molecule has 0 aliphatic rings. The molecule has 1 rings (SSSR count). The first-order valence-electron chi connectivity index (χ1n) is 7.27. The fourth-order valence-electron chi connectivity index (χ4n) is 2.00. The second-order valence-electron chi connectivity index (χ2n) is 5.55. The van der Waals surface area contributed by atoms with Gasteiger partial charge in [-0.05, 0) is 57.7 Å². The Labute approximate surface area is 140 Å². The molecule has 0 bridgehead atoms. The minimum Gasteiger partial charge on any atom is -0.355 e.